The van der Waals surface area contributed by atoms with E-state index in [1.54, 1.807) is 147 Å². The third-order valence-electron chi connectivity index (χ3n) is 22.4. The summed E-state index contributed by atoms with van der Waals surface area (Å²) in [6, 6.07) is 79.9. The standard InChI is InChI=1S/C102H104N2O24/c1-115-81-58-54-77(55-59-81)102(76-50-30-14-31-51-76,78-56-60-82(116-2)61-57-78)120-66-79-64-80(105)65-104(79)86(107)53-33-15-34-62-103-85(106)52-32-5-3-4-6-35-63-117-100-91(126-98(113)74-46-26-12-27-47-74)90(125-97(112)73-44-24-11-25-45-73)88(84(121-100)68-119-94(109)70-38-18-8-19-39-70)128-101-92(127-99(114)75-48-28-13-29-49-75)89(124-96(111)72-42-22-10-23-43-72)87(123-95(110)71-40-20-9-21-41-71)83(122-101)67-118-93(108)69-36-16-7-17-37-69/h7-14,16-31,36-51,54-61,79-80,83-84,87-92,100-101,105H,3-6,15,32-35,52-53,62-68H2,1-2H3,(H,103,106)/t79-,80+,83?,84?,87?,88?,89?,90?,91?,92?,100?,101?/m0/s1. The molecule has 128 heavy (non-hydrogen) atoms. The van der Waals surface area contributed by atoms with Crippen LogP contribution in [0.15, 0.2) is 291 Å². The van der Waals surface area contributed by atoms with E-state index in [0.717, 1.165) is 36.0 Å². The Hall–Kier alpha value is -13.2. The highest BCUT2D eigenvalue weighted by molar-refractivity contribution is 5.93. The minimum Gasteiger partial charge on any atom is -0.497 e. The van der Waals surface area contributed by atoms with Crippen LogP contribution in [-0.2, 0) is 72.0 Å². The number of amides is 2. The summed E-state index contributed by atoms with van der Waals surface area (Å²) < 4.78 is 90.0. The predicted molar refractivity (Wildman–Crippen MR) is 468 cm³/mol. The molecule has 3 heterocycles. The Kier molecular flexibility index (Phi) is 33.8. The summed E-state index contributed by atoms with van der Waals surface area (Å²) in [6.07, 6.45) is -12.5. The van der Waals surface area contributed by atoms with Gasteiger partial charge in [-0.25, -0.2) is 33.6 Å². The number of ether oxygens (including phenoxy) is 14. The number of esters is 7. The molecule has 0 saturated carbocycles. The molecule has 0 bridgehead atoms. The molecule has 26 nitrogen and oxygen atoms in total. The van der Waals surface area contributed by atoms with Crippen molar-refractivity contribution >= 4 is 53.6 Å². The predicted octanol–water partition coefficient (Wildman–Crippen LogP) is 15.1. The number of carbonyl (C=O) groups excluding carboxylic acids is 9. The first-order chi connectivity index (χ1) is 62.5. The number of rotatable bonds is 42. The van der Waals surface area contributed by atoms with E-state index in [-0.39, 0.29) is 76.9 Å². The zero-order valence-corrected chi connectivity index (χ0v) is 71.2. The van der Waals surface area contributed by atoms with Gasteiger partial charge in [0.05, 0.1) is 71.9 Å². The lowest BCUT2D eigenvalue weighted by Crippen LogP contribution is -2.67. The number of methoxy groups -OCH3 is 2. The summed E-state index contributed by atoms with van der Waals surface area (Å²) in [7, 11) is 3.23. The molecule has 10 aromatic carbocycles. The maximum atomic E-state index is 15.0. The summed E-state index contributed by atoms with van der Waals surface area (Å²) in [4.78, 5) is 131. The number of unbranched alkanes of at least 4 members (excludes halogenated alkanes) is 7. The molecular formula is C102H104N2O24. The van der Waals surface area contributed by atoms with E-state index in [9.17, 15) is 43.5 Å². The highest BCUT2D eigenvalue weighted by Crippen LogP contribution is 2.44. The van der Waals surface area contributed by atoms with Gasteiger partial charge in [0.25, 0.3) is 0 Å². The molecule has 3 aliphatic heterocycles. The summed E-state index contributed by atoms with van der Waals surface area (Å²) in [5.74, 6) is -5.42. The lowest BCUT2D eigenvalue weighted by molar-refractivity contribution is -0.356. The van der Waals surface area contributed by atoms with E-state index in [0.29, 0.717) is 69.4 Å². The van der Waals surface area contributed by atoms with Gasteiger partial charge in [0.2, 0.25) is 11.8 Å². The highest BCUT2D eigenvalue weighted by Gasteiger charge is 2.59. The van der Waals surface area contributed by atoms with E-state index < -0.39 is 134 Å². The van der Waals surface area contributed by atoms with Gasteiger partial charge >= 0.3 is 41.8 Å². The van der Waals surface area contributed by atoms with Gasteiger partial charge in [-0.1, -0.05) is 214 Å². The zero-order chi connectivity index (χ0) is 89.4. The molecule has 3 saturated heterocycles. The number of nitrogens with one attached hydrogen (secondary N) is 1. The molecule has 3 aliphatic rings. The molecule has 0 radical (unpaired) electrons. The van der Waals surface area contributed by atoms with Gasteiger partial charge in [0, 0.05) is 32.5 Å². The number of aliphatic hydroxyl groups is 1. The van der Waals surface area contributed by atoms with Crippen molar-refractivity contribution in [2.75, 3.05) is 53.7 Å². The molecule has 666 valence electrons. The third kappa shape index (κ3) is 24.9. The minimum atomic E-state index is -2.10. The second-order valence-electron chi connectivity index (χ2n) is 31.1. The SMILES string of the molecule is COc1ccc(C(OC[C@@H]2C[C@@H](O)CN2C(=O)CCCCCNC(=O)CCCCCCCCOC2OC(COC(=O)c3ccccc3)C(OC3OC(COC(=O)c4ccccc4)C(OC(=O)c4ccccc4)C(OC(=O)c4ccccc4)C3OC(=O)c3ccccc3)C(OC(=O)c3ccccc3)C2OC(=O)c2ccccc2)(c2ccccc2)c2ccc(OC)cc2)cc1. The van der Waals surface area contributed by atoms with Crippen molar-refractivity contribution in [2.24, 2.45) is 0 Å². The summed E-state index contributed by atoms with van der Waals surface area (Å²) >= 11 is 0. The first-order valence-corrected chi connectivity index (χ1v) is 43.1. The van der Waals surface area contributed by atoms with Gasteiger partial charge in [0.1, 0.15) is 48.6 Å². The second-order valence-corrected chi connectivity index (χ2v) is 31.1. The molecule has 10 aromatic rings. The van der Waals surface area contributed by atoms with Crippen LogP contribution in [0.1, 0.15) is 166 Å². The number of carbonyl (C=O) groups is 9. The quantitative estimate of drug-likeness (QED) is 0.0155. The van der Waals surface area contributed by atoms with Gasteiger partial charge in [0.15, 0.2) is 43.1 Å². The molecule has 26 heteroatoms. The number of benzene rings is 10. The summed E-state index contributed by atoms with van der Waals surface area (Å²) in [6.45, 7) is -0.766. The fourth-order valence-corrected chi connectivity index (χ4v) is 15.7. The van der Waals surface area contributed by atoms with Crippen LogP contribution in [0.5, 0.6) is 11.5 Å². The maximum Gasteiger partial charge on any atom is 0.338 e. The van der Waals surface area contributed by atoms with Gasteiger partial charge in [-0.3, -0.25) is 9.59 Å². The first kappa shape index (κ1) is 92.5. The van der Waals surface area contributed by atoms with Crippen LogP contribution in [0.2, 0.25) is 0 Å². The summed E-state index contributed by atoms with van der Waals surface area (Å²) in [5, 5.41) is 14.1. The van der Waals surface area contributed by atoms with E-state index in [1.807, 2.05) is 78.9 Å². The van der Waals surface area contributed by atoms with Crippen molar-refractivity contribution in [3.8, 4) is 11.5 Å². The molecule has 2 N–H and O–H groups in total. The number of likely N-dealkylation sites (tertiary alicyclic amines) is 1. The smallest absolute Gasteiger partial charge is 0.338 e. The molecule has 10 unspecified atom stereocenters. The van der Waals surface area contributed by atoms with Crippen LogP contribution in [0.25, 0.3) is 0 Å². The lowest BCUT2D eigenvalue weighted by atomic mass is 9.80. The van der Waals surface area contributed by atoms with Gasteiger partial charge in [-0.05, 0) is 158 Å². The largest absolute Gasteiger partial charge is 0.497 e. The maximum absolute atomic E-state index is 15.0. The van der Waals surface area contributed by atoms with E-state index in [1.165, 1.54) is 84.9 Å². The molecule has 3 fully saturated rings. The number of aliphatic hydroxyl groups excluding tert-OH is 1. The van der Waals surface area contributed by atoms with Crippen molar-refractivity contribution in [2.45, 2.75) is 156 Å². The molecule has 13 rings (SSSR count). The van der Waals surface area contributed by atoms with E-state index in [2.05, 4.69) is 5.32 Å². The Labute approximate surface area is 742 Å². The van der Waals surface area contributed by atoms with Crippen molar-refractivity contribution in [3.63, 3.8) is 0 Å². The average molecular weight is 1740 g/mol. The van der Waals surface area contributed by atoms with E-state index in [4.69, 9.17) is 66.3 Å². The Balaban J connectivity index is 0.688. The average Bonchev–Trinajstić information content (AvgIpc) is 0.890. The molecule has 0 aromatic heterocycles. The van der Waals surface area contributed by atoms with Crippen LogP contribution in [0.4, 0.5) is 0 Å². The third-order valence-corrected chi connectivity index (χ3v) is 22.4. The normalized spacial score (nSPS) is 20.1. The highest BCUT2D eigenvalue weighted by atomic mass is 16.8. The van der Waals surface area contributed by atoms with Gasteiger partial charge < -0.3 is 81.6 Å². The van der Waals surface area contributed by atoms with Crippen LogP contribution in [0, 0.1) is 0 Å². The Morgan fingerprint density at radius 3 is 1.15 bits per heavy atom. The first-order valence-electron chi connectivity index (χ1n) is 43.1. The molecule has 0 spiro atoms. The molecule has 2 amide bonds. The van der Waals surface area contributed by atoms with Crippen LogP contribution in [0.3, 0.4) is 0 Å². The summed E-state index contributed by atoms with van der Waals surface area (Å²) in [5.41, 5.74) is 1.80. The van der Waals surface area contributed by atoms with Crippen molar-refractivity contribution in [3.05, 3.63) is 347 Å². The van der Waals surface area contributed by atoms with Crippen molar-refractivity contribution < 1.29 is 115 Å². The number of hydrogen-bond donors (Lipinski definition) is 2. The number of β-amino-alcohol motifs (C(OH)–C–C–N with tert-alkyl or cyclic N) is 1. The van der Waals surface area contributed by atoms with Crippen LogP contribution in [-0.4, -0.2) is 191 Å². The number of hydrogen-bond acceptors (Lipinski definition) is 24. The second kappa shape index (κ2) is 46.8. The van der Waals surface area contributed by atoms with Gasteiger partial charge in [-0.2, -0.15) is 0 Å². The Bertz CT molecular complexity index is 5160. The molecule has 0 aliphatic carbocycles. The number of nitrogens with zero attached hydrogens (tertiary/aromatic N) is 1. The fraction of sp³-hybridized carbons (Fsp3) is 0.324. The van der Waals surface area contributed by atoms with Gasteiger partial charge in [-0.15, -0.1) is 0 Å². The van der Waals surface area contributed by atoms with Crippen LogP contribution >= 0.6 is 0 Å². The minimum absolute atomic E-state index is 0.00107. The Morgan fingerprint density at radius 2 is 0.711 bits per heavy atom. The van der Waals surface area contributed by atoms with Crippen LogP contribution < -0.4 is 14.8 Å². The topological polar surface area (TPSA) is 318 Å². The van der Waals surface area contributed by atoms with Crippen molar-refractivity contribution in [1.29, 1.82) is 0 Å². The lowest BCUT2D eigenvalue weighted by Gasteiger charge is -2.48. The monoisotopic (exact) mass is 1740 g/mol. The fourth-order valence-electron chi connectivity index (χ4n) is 15.7. The Morgan fingerprint density at radius 1 is 0.367 bits per heavy atom. The zero-order valence-electron chi connectivity index (χ0n) is 71.2. The van der Waals surface area contributed by atoms with Crippen molar-refractivity contribution in [1.82, 2.24) is 10.2 Å². The molecular weight excluding hydrogens is 1640 g/mol. The van der Waals surface area contributed by atoms with E-state index >= 15 is 4.79 Å². The molecule has 12 atom stereocenters.